The van der Waals surface area contributed by atoms with Gasteiger partial charge >= 0.3 is 0 Å². The molecule has 8 nitrogen and oxygen atoms in total. The molecular formula is C18H18N6O2. The second kappa shape index (κ2) is 6.55. The van der Waals surface area contributed by atoms with Crippen LogP contribution in [-0.4, -0.2) is 50.2 Å². The molecule has 1 amide bonds. The summed E-state index contributed by atoms with van der Waals surface area (Å²) in [7, 11) is 0. The van der Waals surface area contributed by atoms with E-state index in [4.69, 9.17) is 0 Å². The van der Waals surface area contributed by atoms with E-state index in [1.54, 1.807) is 6.20 Å². The van der Waals surface area contributed by atoms with Crippen LogP contribution in [0.15, 0.2) is 43.1 Å². The molecule has 0 radical (unpaired) electrons. The van der Waals surface area contributed by atoms with Crippen molar-refractivity contribution in [2.24, 2.45) is 0 Å². The predicted molar refractivity (Wildman–Crippen MR) is 95.3 cm³/mol. The number of rotatable bonds is 4. The number of aromatic nitrogens is 4. The Morgan fingerprint density at radius 2 is 2.00 bits per heavy atom. The van der Waals surface area contributed by atoms with Crippen molar-refractivity contribution in [2.75, 3.05) is 18.0 Å². The zero-order valence-corrected chi connectivity index (χ0v) is 14.3. The molecule has 0 aromatic carbocycles. The largest absolute Gasteiger partial charge is 0.353 e. The first-order chi connectivity index (χ1) is 12.6. The molecular weight excluding hydrogens is 332 g/mol. The highest BCUT2D eigenvalue weighted by atomic mass is 16.2. The van der Waals surface area contributed by atoms with Gasteiger partial charge in [-0.25, -0.2) is 15.0 Å². The molecule has 1 N–H and O–H groups in total. The van der Waals surface area contributed by atoms with Gasteiger partial charge in [0.05, 0.1) is 11.1 Å². The van der Waals surface area contributed by atoms with Crippen molar-refractivity contribution in [1.82, 2.24) is 24.7 Å². The first kappa shape index (κ1) is 16.2. The van der Waals surface area contributed by atoms with E-state index < -0.39 is 0 Å². The molecule has 0 aliphatic carbocycles. The Morgan fingerprint density at radius 3 is 2.77 bits per heavy atom. The molecule has 4 heterocycles. The van der Waals surface area contributed by atoms with Gasteiger partial charge < -0.3 is 14.6 Å². The molecule has 132 valence electrons. The summed E-state index contributed by atoms with van der Waals surface area (Å²) >= 11 is 0. The molecule has 1 atom stereocenters. The number of hydrogen-bond acceptors (Lipinski definition) is 6. The van der Waals surface area contributed by atoms with Crippen molar-refractivity contribution in [2.45, 2.75) is 19.4 Å². The van der Waals surface area contributed by atoms with E-state index in [0.717, 1.165) is 24.3 Å². The second-order valence-corrected chi connectivity index (χ2v) is 6.31. The minimum atomic E-state index is -0.333. The molecule has 3 aromatic heterocycles. The van der Waals surface area contributed by atoms with Gasteiger partial charge in [0.25, 0.3) is 5.91 Å². The number of nitrogens with zero attached hydrogens (tertiary/aromatic N) is 5. The fourth-order valence-corrected chi connectivity index (χ4v) is 3.15. The lowest BCUT2D eigenvalue weighted by Gasteiger charge is -2.18. The SMILES string of the molecule is CC(=O)c1cnc(C(=O)NC2CCN(c3nccn4cccc34)C2)nc1. The van der Waals surface area contributed by atoms with E-state index in [0.29, 0.717) is 12.1 Å². The summed E-state index contributed by atoms with van der Waals surface area (Å²) in [5.41, 5.74) is 1.43. The second-order valence-electron chi connectivity index (χ2n) is 6.31. The van der Waals surface area contributed by atoms with Crippen molar-refractivity contribution >= 4 is 23.0 Å². The molecule has 0 spiro atoms. The summed E-state index contributed by atoms with van der Waals surface area (Å²) in [6.45, 7) is 2.92. The van der Waals surface area contributed by atoms with Crippen LogP contribution in [0, 0.1) is 0 Å². The average Bonchev–Trinajstić information content (AvgIpc) is 3.30. The van der Waals surface area contributed by atoms with Crippen LogP contribution in [0.3, 0.4) is 0 Å². The number of carbonyl (C=O) groups is 2. The monoisotopic (exact) mass is 350 g/mol. The lowest BCUT2D eigenvalue weighted by atomic mass is 10.2. The standard InChI is InChI=1S/C18H18N6O2/c1-12(25)13-9-20-16(21-10-13)18(26)22-14-4-7-24(11-14)17-15-3-2-6-23(15)8-5-19-17/h2-3,5-6,8-10,14H,4,7,11H2,1H3,(H,22,26). The minimum Gasteiger partial charge on any atom is -0.353 e. The topological polar surface area (TPSA) is 92.5 Å². The van der Waals surface area contributed by atoms with Gasteiger partial charge in [-0.15, -0.1) is 0 Å². The number of amides is 1. The minimum absolute atomic E-state index is 0.00407. The summed E-state index contributed by atoms with van der Waals surface area (Å²) < 4.78 is 2.03. The van der Waals surface area contributed by atoms with Crippen molar-refractivity contribution in [3.63, 3.8) is 0 Å². The highest BCUT2D eigenvalue weighted by Crippen LogP contribution is 2.23. The molecule has 8 heteroatoms. The third kappa shape index (κ3) is 3.01. The van der Waals surface area contributed by atoms with Crippen molar-refractivity contribution < 1.29 is 9.59 Å². The molecule has 4 rings (SSSR count). The Hall–Kier alpha value is -3.29. The number of anilines is 1. The maximum Gasteiger partial charge on any atom is 0.289 e. The lowest BCUT2D eigenvalue weighted by Crippen LogP contribution is -2.38. The van der Waals surface area contributed by atoms with E-state index in [-0.39, 0.29) is 23.6 Å². The van der Waals surface area contributed by atoms with E-state index >= 15 is 0 Å². The van der Waals surface area contributed by atoms with Crippen LogP contribution in [0.4, 0.5) is 5.82 Å². The van der Waals surface area contributed by atoms with Crippen molar-refractivity contribution in [1.29, 1.82) is 0 Å². The molecule has 0 bridgehead atoms. The first-order valence-corrected chi connectivity index (χ1v) is 8.42. The third-order valence-corrected chi connectivity index (χ3v) is 4.52. The van der Waals surface area contributed by atoms with Crippen LogP contribution in [0.25, 0.3) is 5.52 Å². The van der Waals surface area contributed by atoms with Crippen LogP contribution in [-0.2, 0) is 0 Å². The molecule has 1 unspecified atom stereocenters. The quantitative estimate of drug-likeness (QED) is 0.714. The maximum absolute atomic E-state index is 12.3. The van der Waals surface area contributed by atoms with Gasteiger partial charge in [-0.2, -0.15) is 0 Å². The molecule has 26 heavy (non-hydrogen) atoms. The van der Waals surface area contributed by atoms with E-state index in [9.17, 15) is 9.59 Å². The summed E-state index contributed by atoms with van der Waals surface area (Å²) in [6.07, 6.45) is 9.25. The Morgan fingerprint density at radius 1 is 1.19 bits per heavy atom. The summed E-state index contributed by atoms with van der Waals surface area (Å²) in [5.74, 6) is 0.521. The van der Waals surface area contributed by atoms with Crippen molar-refractivity contribution in [3.05, 3.63) is 54.5 Å². The Kier molecular flexibility index (Phi) is 4.08. The van der Waals surface area contributed by atoms with E-state index in [2.05, 4.69) is 25.2 Å². The first-order valence-electron chi connectivity index (χ1n) is 8.42. The van der Waals surface area contributed by atoms with Crippen LogP contribution in [0.1, 0.15) is 34.3 Å². The third-order valence-electron chi connectivity index (χ3n) is 4.52. The van der Waals surface area contributed by atoms with Gasteiger partial charge in [0, 0.05) is 50.1 Å². The molecule has 1 aliphatic rings. The van der Waals surface area contributed by atoms with Crippen LogP contribution >= 0.6 is 0 Å². The van der Waals surface area contributed by atoms with E-state index in [1.165, 1.54) is 19.3 Å². The fraction of sp³-hybridized carbons (Fsp3) is 0.278. The molecule has 3 aromatic rings. The number of Topliss-reactive ketones (excluding diaryl/α,β-unsaturated/α-hetero) is 1. The molecule has 1 fully saturated rings. The fourth-order valence-electron chi connectivity index (χ4n) is 3.15. The lowest BCUT2D eigenvalue weighted by molar-refractivity contribution is 0.0927. The van der Waals surface area contributed by atoms with Gasteiger partial charge in [0.1, 0.15) is 0 Å². The number of hydrogen-bond donors (Lipinski definition) is 1. The number of nitrogens with one attached hydrogen (secondary N) is 1. The van der Waals surface area contributed by atoms with Gasteiger partial charge in [-0.1, -0.05) is 0 Å². The molecule has 1 aliphatic heterocycles. The van der Waals surface area contributed by atoms with Gasteiger partial charge in [0.2, 0.25) is 5.82 Å². The van der Waals surface area contributed by atoms with Gasteiger partial charge in [-0.3, -0.25) is 9.59 Å². The Labute approximate surface area is 149 Å². The molecule has 0 saturated carbocycles. The van der Waals surface area contributed by atoms with Crippen LogP contribution in [0.5, 0.6) is 0 Å². The zero-order chi connectivity index (χ0) is 18.1. The summed E-state index contributed by atoms with van der Waals surface area (Å²) in [4.78, 5) is 38.2. The highest BCUT2D eigenvalue weighted by Gasteiger charge is 2.27. The highest BCUT2D eigenvalue weighted by molar-refractivity contribution is 5.94. The predicted octanol–water partition coefficient (Wildman–Crippen LogP) is 1.34. The van der Waals surface area contributed by atoms with Gasteiger partial charge in [0.15, 0.2) is 11.6 Å². The Bertz CT molecular complexity index is 965. The van der Waals surface area contributed by atoms with Crippen LogP contribution in [0.2, 0.25) is 0 Å². The van der Waals surface area contributed by atoms with E-state index in [1.807, 2.05) is 28.9 Å². The zero-order valence-electron chi connectivity index (χ0n) is 14.3. The number of ketones is 1. The summed E-state index contributed by atoms with van der Waals surface area (Å²) in [6, 6.07) is 4.01. The maximum atomic E-state index is 12.3. The normalized spacial score (nSPS) is 16.8. The molecule has 1 saturated heterocycles. The number of carbonyl (C=O) groups excluding carboxylic acids is 2. The Balaban J connectivity index is 1.43. The number of fused-ring (bicyclic) bond motifs is 1. The van der Waals surface area contributed by atoms with Crippen LogP contribution < -0.4 is 10.2 Å². The average molecular weight is 350 g/mol. The van der Waals surface area contributed by atoms with Crippen molar-refractivity contribution in [3.8, 4) is 0 Å². The van der Waals surface area contributed by atoms with Gasteiger partial charge in [-0.05, 0) is 25.5 Å². The smallest absolute Gasteiger partial charge is 0.289 e. The summed E-state index contributed by atoms with van der Waals surface area (Å²) in [5, 5.41) is 2.96.